The van der Waals surface area contributed by atoms with E-state index in [-0.39, 0.29) is 0 Å². The van der Waals surface area contributed by atoms with Crippen molar-refractivity contribution < 1.29 is 14.2 Å². The van der Waals surface area contributed by atoms with E-state index in [1.165, 1.54) is 0 Å². The molecule has 0 aromatic carbocycles. The van der Waals surface area contributed by atoms with Gasteiger partial charge in [-0.25, -0.2) is 0 Å². The second kappa shape index (κ2) is 3.51. The first kappa shape index (κ1) is 8.95. The zero-order valence-corrected chi connectivity index (χ0v) is 7.29. The predicted octanol–water partition coefficient (Wildman–Crippen LogP) is 1.26. The average Bonchev–Trinajstić information content (AvgIpc) is 2.31. The number of hydrogen-bond acceptors (Lipinski definition) is 3. The van der Waals surface area contributed by atoms with Crippen LogP contribution in [-0.4, -0.2) is 19.0 Å². The molecule has 1 aliphatic rings. The van der Waals surface area contributed by atoms with Crippen LogP contribution in [0.25, 0.3) is 0 Å². The topological polar surface area (TPSA) is 27.7 Å². The van der Waals surface area contributed by atoms with E-state index < -0.39 is 5.79 Å². The second-order valence-corrected chi connectivity index (χ2v) is 2.90. The summed E-state index contributed by atoms with van der Waals surface area (Å²) in [7, 11) is 0. The van der Waals surface area contributed by atoms with Crippen molar-refractivity contribution in [3.05, 3.63) is 12.0 Å². The third-order valence-electron chi connectivity index (χ3n) is 1.28. The zero-order chi connectivity index (χ0) is 9.03. The molecule has 0 bridgehead atoms. The summed E-state index contributed by atoms with van der Waals surface area (Å²) in [5.41, 5.74) is 0. The molecule has 0 unspecified atom stereocenters. The quantitative estimate of drug-likeness (QED) is 0.469. The van der Waals surface area contributed by atoms with Crippen molar-refractivity contribution in [1.29, 1.82) is 0 Å². The van der Waals surface area contributed by atoms with E-state index in [0.717, 1.165) is 0 Å². The smallest absolute Gasteiger partial charge is 0.244 e. The van der Waals surface area contributed by atoms with Crippen molar-refractivity contribution in [3.63, 3.8) is 0 Å². The molecule has 3 heteroatoms. The number of rotatable bonds is 3. The summed E-state index contributed by atoms with van der Waals surface area (Å²) >= 11 is 0. The van der Waals surface area contributed by atoms with Crippen LogP contribution in [0, 0.1) is 12.3 Å². The summed E-state index contributed by atoms with van der Waals surface area (Å²) < 4.78 is 15.6. The molecule has 0 N–H and O–H groups in total. The Morgan fingerprint density at radius 3 is 2.92 bits per heavy atom. The lowest BCUT2D eigenvalue weighted by Gasteiger charge is -2.17. The SMILES string of the molecule is C#CCOCC1=COC(C)(C)O1. The molecule has 0 radical (unpaired) electrons. The van der Waals surface area contributed by atoms with E-state index >= 15 is 0 Å². The van der Waals surface area contributed by atoms with Crippen molar-refractivity contribution in [2.45, 2.75) is 19.6 Å². The Morgan fingerprint density at radius 2 is 2.42 bits per heavy atom. The zero-order valence-electron chi connectivity index (χ0n) is 7.29. The van der Waals surface area contributed by atoms with Gasteiger partial charge in [-0.05, 0) is 0 Å². The Bertz CT molecular complexity index is 222. The summed E-state index contributed by atoms with van der Waals surface area (Å²) in [4.78, 5) is 0. The molecule has 1 heterocycles. The minimum atomic E-state index is -0.561. The lowest BCUT2D eigenvalue weighted by molar-refractivity contribution is -0.121. The minimum absolute atomic E-state index is 0.293. The maximum Gasteiger partial charge on any atom is 0.244 e. The van der Waals surface area contributed by atoms with Gasteiger partial charge in [0.05, 0.1) is 0 Å². The highest BCUT2D eigenvalue weighted by Gasteiger charge is 2.27. The van der Waals surface area contributed by atoms with Gasteiger partial charge < -0.3 is 14.2 Å². The van der Waals surface area contributed by atoms with Crippen LogP contribution in [0.4, 0.5) is 0 Å². The first-order valence-electron chi connectivity index (χ1n) is 3.71. The van der Waals surface area contributed by atoms with Crippen LogP contribution < -0.4 is 0 Å². The summed E-state index contributed by atoms with van der Waals surface area (Å²) in [6.07, 6.45) is 6.55. The number of ether oxygens (including phenoxy) is 3. The van der Waals surface area contributed by atoms with Crippen LogP contribution in [0.1, 0.15) is 13.8 Å². The highest BCUT2D eigenvalue weighted by Crippen LogP contribution is 2.23. The van der Waals surface area contributed by atoms with E-state index in [0.29, 0.717) is 19.0 Å². The summed E-state index contributed by atoms with van der Waals surface area (Å²) in [5, 5.41) is 0. The molecule has 0 saturated heterocycles. The lowest BCUT2D eigenvalue weighted by atomic mass is 10.4. The third-order valence-corrected chi connectivity index (χ3v) is 1.28. The van der Waals surface area contributed by atoms with Gasteiger partial charge in [-0.2, -0.15) is 0 Å². The van der Waals surface area contributed by atoms with E-state index in [1.54, 1.807) is 6.26 Å². The molecular formula is C9H12O3. The minimum Gasteiger partial charge on any atom is -0.457 e. The molecule has 12 heavy (non-hydrogen) atoms. The molecule has 1 aliphatic heterocycles. The van der Waals surface area contributed by atoms with Gasteiger partial charge in [-0.1, -0.05) is 5.92 Å². The monoisotopic (exact) mass is 168 g/mol. The molecular weight excluding hydrogens is 156 g/mol. The van der Waals surface area contributed by atoms with Crippen molar-refractivity contribution in [3.8, 4) is 12.3 Å². The van der Waals surface area contributed by atoms with Crippen molar-refractivity contribution in [2.24, 2.45) is 0 Å². The Labute approximate surface area is 72.3 Å². The van der Waals surface area contributed by atoms with E-state index in [1.807, 2.05) is 13.8 Å². The van der Waals surface area contributed by atoms with Crippen molar-refractivity contribution >= 4 is 0 Å². The van der Waals surface area contributed by atoms with Crippen LogP contribution in [-0.2, 0) is 14.2 Å². The molecule has 1 rings (SSSR count). The Hall–Kier alpha value is -1.14. The molecule has 0 atom stereocenters. The van der Waals surface area contributed by atoms with Crippen molar-refractivity contribution in [1.82, 2.24) is 0 Å². The summed E-state index contributed by atoms with van der Waals surface area (Å²) in [6.45, 7) is 4.32. The van der Waals surface area contributed by atoms with Gasteiger partial charge in [0.1, 0.15) is 19.5 Å². The first-order chi connectivity index (χ1) is 5.64. The number of hydrogen-bond donors (Lipinski definition) is 0. The van der Waals surface area contributed by atoms with Crippen LogP contribution in [0.2, 0.25) is 0 Å². The molecule has 0 aromatic heterocycles. The molecule has 0 aliphatic carbocycles. The van der Waals surface area contributed by atoms with Gasteiger partial charge in [-0.3, -0.25) is 0 Å². The highest BCUT2D eigenvalue weighted by atomic mass is 16.7. The lowest BCUT2D eigenvalue weighted by Crippen LogP contribution is -2.20. The Kier molecular flexibility index (Phi) is 2.61. The van der Waals surface area contributed by atoms with Gasteiger partial charge in [0.25, 0.3) is 0 Å². The predicted molar refractivity (Wildman–Crippen MR) is 44.0 cm³/mol. The average molecular weight is 168 g/mol. The van der Waals surface area contributed by atoms with Gasteiger partial charge in [0, 0.05) is 13.8 Å². The Morgan fingerprint density at radius 1 is 1.67 bits per heavy atom. The molecule has 0 fully saturated rings. The van der Waals surface area contributed by atoms with Crippen LogP contribution in [0.15, 0.2) is 12.0 Å². The fourth-order valence-corrected chi connectivity index (χ4v) is 0.845. The van der Waals surface area contributed by atoms with Crippen LogP contribution >= 0.6 is 0 Å². The van der Waals surface area contributed by atoms with E-state index in [9.17, 15) is 0 Å². The molecule has 0 saturated carbocycles. The Balaban J connectivity index is 2.24. The molecule has 3 nitrogen and oxygen atoms in total. The van der Waals surface area contributed by atoms with Crippen LogP contribution in [0.5, 0.6) is 0 Å². The van der Waals surface area contributed by atoms with Crippen molar-refractivity contribution in [2.75, 3.05) is 13.2 Å². The van der Waals surface area contributed by atoms with Gasteiger partial charge in [0.15, 0.2) is 5.76 Å². The fourth-order valence-electron chi connectivity index (χ4n) is 0.845. The van der Waals surface area contributed by atoms with E-state index in [4.69, 9.17) is 20.6 Å². The summed E-state index contributed by atoms with van der Waals surface area (Å²) in [6, 6.07) is 0. The molecule has 0 aromatic rings. The maximum absolute atomic E-state index is 5.34. The molecule has 66 valence electrons. The van der Waals surface area contributed by atoms with E-state index in [2.05, 4.69) is 5.92 Å². The van der Waals surface area contributed by atoms with Gasteiger partial charge in [-0.15, -0.1) is 6.42 Å². The largest absolute Gasteiger partial charge is 0.457 e. The molecule has 0 spiro atoms. The molecule has 0 amide bonds. The fraction of sp³-hybridized carbons (Fsp3) is 0.556. The number of terminal acetylenes is 1. The first-order valence-corrected chi connectivity index (χ1v) is 3.71. The van der Waals surface area contributed by atoms with Crippen LogP contribution in [0.3, 0.4) is 0 Å². The normalized spacial score (nSPS) is 18.9. The summed E-state index contributed by atoms with van der Waals surface area (Å²) in [5.74, 6) is 2.48. The third kappa shape index (κ3) is 2.48. The highest BCUT2D eigenvalue weighted by molar-refractivity contribution is 4.96. The van der Waals surface area contributed by atoms with Gasteiger partial charge >= 0.3 is 0 Å². The standard InChI is InChI=1S/C9H12O3/c1-4-5-10-6-8-7-11-9(2,3)12-8/h1,7H,5-6H2,2-3H3. The second-order valence-electron chi connectivity index (χ2n) is 2.90. The van der Waals surface area contributed by atoms with Gasteiger partial charge in [0.2, 0.25) is 5.79 Å². The maximum atomic E-state index is 5.34.